The fourth-order valence-electron chi connectivity index (χ4n) is 0.376. The van der Waals surface area contributed by atoms with E-state index in [0.29, 0.717) is 0 Å². The van der Waals surface area contributed by atoms with Crippen LogP contribution in [0.3, 0.4) is 0 Å². The van der Waals surface area contributed by atoms with Crippen molar-refractivity contribution in [3.05, 3.63) is 12.2 Å². The molecule has 0 aliphatic rings. The number of halogens is 2. The molecule has 48 valence electrons. The van der Waals surface area contributed by atoms with Gasteiger partial charge in [-0.05, 0) is 12.8 Å². The summed E-state index contributed by atoms with van der Waals surface area (Å²) in [5.41, 5.74) is 0. The molecule has 0 aromatic rings. The molecule has 0 aliphatic carbocycles. The van der Waals surface area contributed by atoms with Gasteiger partial charge in [-0.1, -0.05) is 34.7 Å². The highest BCUT2D eigenvalue weighted by atomic mass is 127. The summed E-state index contributed by atoms with van der Waals surface area (Å²) in [6, 6.07) is 0. The summed E-state index contributed by atoms with van der Waals surface area (Å²) in [5, 5.41) is 0. The molecule has 0 heterocycles. The summed E-state index contributed by atoms with van der Waals surface area (Å²) < 4.78 is 1.11. The Labute approximate surface area is 69.4 Å². The molecule has 0 aromatic heterocycles. The summed E-state index contributed by atoms with van der Waals surface area (Å²) in [6.45, 7) is 0. The van der Waals surface area contributed by atoms with Crippen LogP contribution in [0.15, 0.2) is 12.2 Å². The second-order valence-corrected chi connectivity index (χ2v) is 2.72. The molecule has 0 aliphatic heterocycles. The lowest BCUT2D eigenvalue weighted by atomic mass is 10.3. The Morgan fingerprint density at radius 1 is 1.38 bits per heavy atom. The van der Waals surface area contributed by atoms with Gasteiger partial charge >= 0.3 is 0 Å². The second kappa shape index (κ2) is 7.76. The standard InChI is InChI=1S/C6H10ClI/c7-5-3-1-2-4-6-8/h2,4H,1,3,5-6H2. The molecule has 0 radical (unpaired) electrons. The fraction of sp³-hybridized carbons (Fsp3) is 0.667. The summed E-state index contributed by atoms with van der Waals surface area (Å²) in [7, 11) is 0. The molecule has 0 saturated heterocycles. The third-order valence-corrected chi connectivity index (χ3v) is 1.54. The van der Waals surface area contributed by atoms with Gasteiger partial charge in [0.05, 0.1) is 0 Å². The van der Waals surface area contributed by atoms with Crippen molar-refractivity contribution in [2.75, 3.05) is 10.3 Å². The fourth-order valence-corrected chi connectivity index (χ4v) is 0.890. The van der Waals surface area contributed by atoms with Crippen LogP contribution in [0.25, 0.3) is 0 Å². The van der Waals surface area contributed by atoms with E-state index in [2.05, 4.69) is 34.7 Å². The molecule has 0 saturated carbocycles. The van der Waals surface area contributed by atoms with Crippen LogP contribution in [-0.4, -0.2) is 10.3 Å². The number of allylic oxidation sites excluding steroid dienone is 2. The van der Waals surface area contributed by atoms with Crippen molar-refractivity contribution >= 4 is 34.2 Å². The molecular weight excluding hydrogens is 234 g/mol. The molecule has 0 atom stereocenters. The number of unbranched alkanes of at least 4 members (excludes halogenated alkanes) is 1. The Kier molecular flexibility index (Phi) is 8.50. The second-order valence-electron chi connectivity index (χ2n) is 1.46. The van der Waals surface area contributed by atoms with Crippen molar-refractivity contribution < 1.29 is 0 Å². The number of hydrogen-bond donors (Lipinski definition) is 0. The zero-order valence-corrected chi connectivity index (χ0v) is 7.65. The Morgan fingerprint density at radius 2 is 2.12 bits per heavy atom. The zero-order chi connectivity index (χ0) is 6.24. The summed E-state index contributed by atoms with van der Waals surface area (Å²) in [5.74, 6) is 0.783. The lowest BCUT2D eigenvalue weighted by Crippen LogP contribution is -1.70. The zero-order valence-electron chi connectivity index (χ0n) is 4.74. The monoisotopic (exact) mass is 244 g/mol. The van der Waals surface area contributed by atoms with Crippen molar-refractivity contribution in [1.29, 1.82) is 0 Å². The Balaban J connectivity index is 2.80. The summed E-state index contributed by atoms with van der Waals surface area (Å²) >= 11 is 7.76. The number of hydrogen-bond acceptors (Lipinski definition) is 0. The minimum Gasteiger partial charge on any atom is -0.127 e. The normalized spacial score (nSPS) is 10.8. The van der Waals surface area contributed by atoms with E-state index in [0.717, 1.165) is 23.1 Å². The first-order valence-electron chi connectivity index (χ1n) is 2.68. The molecule has 8 heavy (non-hydrogen) atoms. The third-order valence-electron chi connectivity index (χ3n) is 0.760. The predicted octanol–water partition coefficient (Wildman–Crippen LogP) is 3.00. The van der Waals surface area contributed by atoms with E-state index in [4.69, 9.17) is 11.6 Å². The van der Waals surface area contributed by atoms with Crippen molar-refractivity contribution in [2.45, 2.75) is 12.8 Å². The van der Waals surface area contributed by atoms with Gasteiger partial charge in [-0.3, -0.25) is 0 Å². The molecular formula is C6H10ClI. The highest BCUT2D eigenvalue weighted by Gasteiger charge is 1.76. The van der Waals surface area contributed by atoms with Crippen LogP contribution < -0.4 is 0 Å². The van der Waals surface area contributed by atoms with Gasteiger partial charge in [-0.2, -0.15) is 0 Å². The van der Waals surface area contributed by atoms with Gasteiger partial charge < -0.3 is 0 Å². The smallest absolute Gasteiger partial charge is 0.0226 e. The van der Waals surface area contributed by atoms with Crippen LogP contribution in [0.2, 0.25) is 0 Å². The quantitative estimate of drug-likeness (QED) is 0.309. The minimum atomic E-state index is 0.783. The molecule has 0 bridgehead atoms. The third kappa shape index (κ3) is 6.76. The maximum absolute atomic E-state index is 5.44. The molecule has 0 nitrogen and oxygen atoms in total. The average molecular weight is 245 g/mol. The Hall–Kier alpha value is 0.760. The summed E-state index contributed by atoms with van der Waals surface area (Å²) in [4.78, 5) is 0. The van der Waals surface area contributed by atoms with Crippen LogP contribution >= 0.6 is 34.2 Å². The van der Waals surface area contributed by atoms with Crippen molar-refractivity contribution in [1.82, 2.24) is 0 Å². The van der Waals surface area contributed by atoms with Crippen LogP contribution in [0.4, 0.5) is 0 Å². The lowest BCUT2D eigenvalue weighted by molar-refractivity contribution is 0.965. The number of rotatable bonds is 4. The van der Waals surface area contributed by atoms with E-state index in [1.54, 1.807) is 0 Å². The largest absolute Gasteiger partial charge is 0.127 e. The first-order chi connectivity index (χ1) is 3.91. The van der Waals surface area contributed by atoms with E-state index in [1.807, 2.05) is 0 Å². The van der Waals surface area contributed by atoms with Gasteiger partial charge in [0.15, 0.2) is 0 Å². The van der Waals surface area contributed by atoms with Crippen molar-refractivity contribution in [3.8, 4) is 0 Å². The van der Waals surface area contributed by atoms with Gasteiger partial charge in [-0.25, -0.2) is 0 Å². The maximum Gasteiger partial charge on any atom is 0.0226 e. The molecule has 0 N–H and O–H groups in total. The minimum absolute atomic E-state index is 0.783. The molecule has 0 amide bonds. The predicted molar refractivity (Wildman–Crippen MR) is 48.0 cm³/mol. The van der Waals surface area contributed by atoms with E-state index in [1.165, 1.54) is 0 Å². The molecule has 2 heteroatoms. The van der Waals surface area contributed by atoms with Gasteiger partial charge in [-0.15, -0.1) is 11.6 Å². The highest BCUT2D eigenvalue weighted by molar-refractivity contribution is 14.1. The SMILES string of the molecule is ClCCCC=CCI. The van der Waals surface area contributed by atoms with Crippen LogP contribution in [0.5, 0.6) is 0 Å². The lowest BCUT2D eigenvalue weighted by Gasteiger charge is -1.83. The van der Waals surface area contributed by atoms with E-state index in [9.17, 15) is 0 Å². The highest BCUT2D eigenvalue weighted by Crippen LogP contribution is 1.93. The Bertz CT molecular complexity index is 61.5. The average Bonchev–Trinajstić information content (AvgIpc) is 1.81. The van der Waals surface area contributed by atoms with Crippen molar-refractivity contribution in [3.63, 3.8) is 0 Å². The van der Waals surface area contributed by atoms with Gasteiger partial charge in [0.1, 0.15) is 0 Å². The number of alkyl halides is 2. The van der Waals surface area contributed by atoms with Gasteiger partial charge in [0.25, 0.3) is 0 Å². The van der Waals surface area contributed by atoms with E-state index < -0.39 is 0 Å². The summed E-state index contributed by atoms with van der Waals surface area (Å²) in [6.07, 6.45) is 6.57. The van der Waals surface area contributed by atoms with Crippen LogP contribution in [0.1, 0.15) is 12.8 Å². The van der Waals surface area contributed by atoms with Gasteiger partial charge in [0, 0.05) is 10.3 Å². The van der Waals surface area contributed by atoms with E-state index in [-0.39, 0.29) is 0 Å². The molecule has 0 aromatic carbocycles. The Morgan fingerprint density at radius 3 is 2.62 bits per heavy atom. The molecule has 0 fully saturated rings. The maximum atomic E-state index is 5.44. The first-order valence-corrected chi connectivity index (χ1v) is 4.74. The van der Waals surface area contributed by atoms with Crippen molar-refractivity contribution in [2.24, 2.45) is 0 Å². The molecule has 0 rings (SSSR count). The van der Waals surface area contributed by atoms with Crippen LogP contribution in [-0.2, 0) is 0 Å². The van der Waals surface area contributed by atoms with Gasteiger partial charge in [0.2, 0.25) is 0 Å². The van der Waals surface area contributed by atoms with Crippen LogP contribution in [0, 0.1) is 0 Å². The first kappa shape index (κ1) is 8.76. The van der Waals surface area contributed by atoms with E-state index >= 15 is 0 Å². The topological polar surface area (TPSA) is 0 Å². The molecule has 0 unspecified atom stereocenters. The molecule has 0 spiro atoms.